The van der Waals surface area contributed by atoms with Gasteiger partial charge in [0.05, 0.1) is 5.02 Å². The lowest BCUT2D eigenvalue weighted by molar-refractivity contribution is 0.232. The van der Waals surface area contributed by atoms with Crippen molar-refractivity contribution in [3.8, 4) is 0 Å². The van der Waals surface area contributed by atoms with Crippen LogP contribution >= 0.6 is 23.8 Å². The highest BCUT2D eigenvalue weighted by Crippen LogP contribution is 2.19. The van der Waals surface area contributed by atoms with Crippen molar-refractivity contribution in [1.29, 1.82) is 0 Å². The molecule has 1 heterocycles. The molecule has 0 aromatic heterocycles. The zero-order valence-corrected chi connectivity index (χ0v) is 12.9. The Morgan fingerprint density at radius 1 is 1.30 bits per heavy atom. The van der Waals surface area contributed by atoms with E-state index in [1.165, 1.54) is 44.5 Å². The van der Waals surface area contributed by atoms with Crippen LogP contribution in [0.3, 0.4) is 0 Å². The first kappa shape index (κ1) is 15.5. The standard InChI is InChI=1S/C14H19ClFN3S/c15-12-10-11(4-5-13(12)16)18-14(20)17-6-9-19-7-2-1-3-8-19/h4-5,10H,1-3,6-9H2,(H2,17,18,20). The highest BCUT2D eigenvalue weighted by atomic mass is 35.5. The summed E-state index contributed by atoms with van der Waals surface area (Å²) >= 11 is 10.9. The molecule has 1 aromatic carbocycles. The van der Waals surface area contributed by atoms with Gasteiger partial charge in [-0.1, -0.05) is 18.0 Å². The Balaban J connectivity index is 1.70. The van der Waals surface area contributed by atoms with Crippen molar-refractivity contribution < 1.29 is 4.39 Å². The Bertz CT molecular complexity index is 464. The third-order valence-corrected chi connectivity index (χ3v) is 3.88. The van der Waals surface area contributed by atoms with E-state index in [1.54, 1.807) is 6.07 Å². The van der Waals surface area contributed by atoms with Crippen molar-refractivity contribution in [2.75, 3.05) is 31.5 Å². The Morgan fingerprint density at radius 3 is 2.75 bits per heavy atom. The number of benzene rings is 1. The summed E-state index contributed by atoms with van der Waals surface area (Å²) in [7, 11) is 0. The minimum absolute atomic E-state index is 0.0890. The second kappa shape index (κ2) is 7.76. The number of likely N-dealkylation sites (tertiary alicyclic amines) is 1. The maximum atomic E-state index is 13.0. The van der Waals surface area contributed by atoms with E-state index in [0.717, 1.165) is 13.1 Å². The van der Waals surface area contributed by atoms with Gasteiger partial charge in [0.1, 0.15) is 5.82 Å². The quantitative estimate of drug-likeness (QED) is 0.834. The van der Waals surface area contributed by atoms with E-state index >= 15 is 0 Å². The monoisotopic (exact) mass is 315 g/mol. The Morgan fingerprint density at radius 2 is 2.05 bits per heavy atom. The van der Waals surface area contributed by atoms with Gasteiger partial charge in [0, 0.05) is 18.8 Å². The van der Waals surface area contributed by atoms with Crippen molar-refractivity contribution in [2.24, 2.45) is 0 Å². The molecule has 20 heavy (non-hydrogen) atoms. The van der Waals surface area contributed by atoms with Gasteiger partial charge < -0.3 is 15.5 Å². The molecule has 0 unspecified atom stereocenters. The van der Waals surface area contributed by atoms with Gasteiger partial charge in [-0.15, -0.1) is 0 Å². The van der Waals surface area contributed by atoms with E-state index in [-0.39, 0.29) is 5.02 Å². The molecule has 1 saturated heterocycles. The summed E-state index contributed by atoms with van der Waals surface area (Å²) in [6, 6.07) is 4.45. The molecule has 1 fully saturated rings. The first-order chi connectivity index (χ1) is 9.65. The Labute approximate surface area is 129 Å². The largest absolute Gasteiger partial charge is 0.361 e. The number of anilines is 1. The second-order valence-electron chi connectivity index (χ2n) is 4.91. The van der Waals surface area contributed by atoms with Gasteiger partial charge in [-0.05, 0) is 56.3 Å². The van der Waals surface area contributed by atoms with E-state index in [4.69, 9.17) is 23.8 Å². The molecule has 1 aliphatic heterocycles. The van der Waals surface area contributed by atoms with Gasteiger partial charge in [-0.2, -0.15) is 0 Å². The molecule has 1 aromatic rings. The third-order valence-electron chi connectivity index (χ3n) is 3.34. The van der Waals surface area contributed by atoms with Gasteiger partial charge in [0.2, 0.25) is 0 Å². The SMILES string of the molecule is Fc1ccc(NC(=S)NCCN2CCCCC2)cc1Cl. The lowest BCUT2D eigenvalue weighted by Crippen LogP contribution is -2.39. The highest BCUT2D eigenvalue weighted by Gasteiger charge is 2.09. The van der Waals surface area contributed by atoms with Crippen LogP contribution in [0.15, 0.2) is 18.2 Å². The minimum Gasteiger partial charge on any atom is -0.361 e. The Hall–Kier alpha value is -0.910. The number of piperidine rings is 1. The molecule has 2 rings (SSSR count). The molecule has 0 spiro atoms. The number of rotatable bonds is 4. The van der Waals surface area contributed by atoms with E-state index < -0.39 is 5.82 Å². The van der Waals surface area contributed by atoms with Crippen LogP contribution in [0.2, 0.25) is 5.02 Å². The lowest BCUT2D eigenvalue weighted by Gasteiger charge is -2.26. The zero-order valence-electron chi connectivity index (χ0n) is 11.3. The fourth-order valence-electron chi connectivity index (χ4n) is 2.26. The summed E-state index contributed by atoms with van der Waals surface area (Å²) in [5.74, 6) is -0.429. The molecular weight excluding hydrogens is 297 g/mol. The predicted molar refractivity (Wildman–Crippen MR) is 85.9 cm³/mol. The van der Waals surface area contributed by atoms with Crippen LogP contribution in [0.5, 0.6) is 0 Å². The molecular formula is C14H19ClFN3S. The average molecular weight is 316 g/mol. The van der Waals surface area contributed by atoms with Gasteiger partial charge in [0.25, 0.3) is 0 Å². The molecule has 0 aliphatic carbocycles. The molecule has 0 bridgehead atoms. The van der Waals surface area contributed by atoms with E-state index in [0.29, 0.717) is 10.8 Å². The first-order valence-electron chi connectivity index (χ1n) is 6.87. The lowest BCUT2D eigenvalue weighted by atomic mass is 10.1. The number of halogens is 2. The third kappa shape index (κ3) is 4.89. The van der Waals surface area contributed by atoms with Crippen LogP contribution < -0.4 is 10.6 Å². The number of nitrogens with zero attached hydrogens (tertiary/aromatic N) is 1. The van der Waals surface area contributed by atoms with Crippen LogP contribution in [-0.4, -0.2) is 36.2 Å². The van der Waals surface area contributed by atoms with Crippen LogP contribution in [0.4, 0.5) is 10.1 Å². The predicted octanol–water partition coefficient (Wildman–Crippen LogP) is 3.25. The van der Waals surface area contributed by atoms with Gasteiger partial charge in [-0.3, -0.25) is 0 Å². The molecule has 2 N–H and O–H groups in total. The van der Waals surface area contributed by atoms with Gasteiger partial charge in [0.15, 0.2) is 5.11 Å². The smallest absolute Gasteiger partial charge is 0.170 e. The van der Waals surface area contributed by atoms with Crippen molar-refractivity contribution in [1.82, 2.24) is 10.2 Å². The number of hydrogen-bond donors (Lipinski definition) is 2. The van der Waals surface area contributed by atoms with Crippen molar-refractivity contribution in [3.63, 3.8) is 0 Å². The molecule has 3 nitrogen and oxygen atoms in total. The highest BCUT2D eigenvalue weighted by molar-refractivity contribution is 7.80. The van der Waals surface area contributed by atoms with Crippen LogP contribution in [0.25, 0.3) is 0 Å². The average Bonchev–Trinajstić information content (AvgIpc) is 2.44. The number of nitrogens with one attached hydrogen (secondary N) is 2. The molecule has 0 amide bonds. The molecule has 0 saturated carbocycles. The first-order valence-corrected chi connectivity index (χ1v) is 7.66. The van der Waals surface area contributed by atoms with Crippen molar-refractivity contribution >= 4 is 34.6 Å². The minimum atomic E-state index is -0.429. The fraction of sp³-hybridized carbons (Fsp3) is 0.500. The van der Waals surface area contributed by atoms with Crippen molar-refractivity contribution in [3.05, 3.63) is 29.0 Å². The zero-order chi connectivity index (χ0) is 14.4. The maximum Gasteiger partial charge on any atom is 0.170 e. The number of hydrogen-bond acceptors (Lipinski definition) is 2. The summed E-state index contributed by atoms with van der Waals surface area (Å²) in [6.45, 7) is 4.15. The summed E-state index contributed by atoms with van der Waals surface area (Å²) in [4.78, 5) is 2.44. The number of thiocarbonyl (C=S) groups is 1. The van der Waals surface area contributed by atoms with Crippen molar-refractivity contribution in [2.45, 2.75) is 19.3 Å². The van der Waals surface area contributed by atoms with E-state index in [2.05, 4.69) is 15.5 Å². The molecule has 6 heteroatoms. The molecule has 0 atom stereocenters. The second-order valence-corrected chi connectivity index (χ2v) is 5.73. The maximum absolute atomic E-state index is 13.0. The van der Waals surface area contributed by atoms with Crippen LogP contribution in [-0.2, 0) is 0 Å². The van der Waals surface area contributed by atoms with E-state index in [9.17, 15) is 4.39 Å². The van der Waals surface area contributed by atoms with Crippen LogP contribution in [0.1, 0.15) is 19.3 Å². The normalized spacial score (nSPS) is 15.9. The molecule has 1 aliphatic rings. The van der Waals surface area contributed by atoms with E-state index in [1.807, 2.05) is 0 Å². The van der Waals surface area contributed by atoms with Gasteiger partial charge >= 0.3 is 0 Å². The van der Waals surface area contributed by atoms with Gasteiger partial charge in [-0.25, -0.2) is 4.39 Å². The van der Waals surface area contributed by atoms with Crippen LogP contribution in [0, 0.1) is 5.82 Å². The summed E-state index contributed by atoms with van der Waals surface area (Å²) < 4.78 is 13.0. The molecule has 0 radical (unpaired) electrons. The summed E-state index contributed by atoms with van der Waals surface area (Å²) in [5, 5.41) is 6.77. The summed E-state index contributed by atoms with van der Waals surface area (Å²) in [6.07, 6.45) is 3.92. The summed E-state index contributed by atoms with van der Waals surface area (Å²) in [5.41, 5.74) is 0.687. The topological polar surface area (TPSA) is 27.3 Å². The molecule has 110 valence electrons. The fourth-order valence-corrected chi connectivity index (χ4v) is 2.66. The Kier molecular flexibility index (Phi) is 6.01.